The average molecular weight is 348 g/mol. The van der Waals surface area contributed by atoms with E-state index >= 15 is 0 Å². The fraction of sp³-hybridized carbons (Fsp3) is 0.316. The number of fused-ring (bicyclic) bond motifs is 1. The zero-order chi connectivity index (χ0) is 16.6. The maximum atomic E-state index is 11.8. The minimum atomic E-state index is 0.0952. The van der Waals surface area contributed by atoms with E-state index in [0.717, 1.165) is 12.8 Å². The molecule has 2 nitrogen and oxygen atoms in total. The lowest BCUT2D eigenvalue weighted by molar-refractivity contribution is -0.130. The standard InChI is InChI=1S/C19H19Cl2NO/c1-12(23)22(2)19-10-8-14(15-5-3-4-6-16(15)19)13-7-9-17(20)18(21)11-13/h3-7,9,11,14,19H,8,10H2,1-2H3. The molecule has 0 aliphatic heterocycles. The van der Waals surface area contributed by atoms with Crippen molar-refractivity contribution in [1.29, 1.82) is 0 Å². The number of carbonyl (C=O) groups is 1. The number of benzene rings is 2. The summed E-state index contributed by atoms with van der Waals surface area (Å²) in [7, 11) is 1.88. The van der Waals surface area contributed by atoms with Gasteiger partial charge in [0, 0.05) is 19.9 Å². The highest BCUT2D eigenvalue weighted by Gasteiger charge is 2.31. The zero-order valence-corrected chi connectivity index (χ0v) is 14.7. The number of nitrogens with zero attached hydrogens (tertiary/aromatic N) is 1. The second kappa shape index (κ2) is 6.54. The van der Waals surface area contributed by atoms with Crippen LogP contribution in [0.15, 0.2) is 42.5 Å². The van der Waals surface area contributed by atoms with Gasteiger partial charge in [-0.15, -0.1) is 0 Å². The predicted molar refractivity (Wildman–Crippen MR) is 95.2 cm³/mol. The van der Waals surface area contributed by atoms with Crippen molar-refractivity contribution in [1.82, 2.24) is 4.90 Å². The second-order valence-corrected chi connectivity index (χ2v) is 6.89. The molecule has 2 atom stereocenters. The molecule has 120 valence electrons. The van der Waals surface area contributed by atoms with E-state index in [1.165, 1.54) is 16.7 Å². The lowest BCUT2D eigenvalue weighted by Gasteiger charge is -2.36. The molecule has 3 rings (SSSR count). The van der Waals surface area contributed by atoms with Gasteiger partial charge in [0.05, 0.1) is 16.1 Å². The molecule has 0 saturated carbocycles. The SMILES string of the molecule is CC(=O)N(C)C1CCC(c2ccc(Cl)c(Cl)c2)c2ccccc21. The number of hydrogen-bond acceptors (Lipinski definition) is 1. The van der Waals surface area contributed by atoms with Crippen LogP contribution in [-0.2, 0) is 4.79 Å². The summed E-state index contributed by atoms with van der Waals surface area (Å²) in [5.41, 5.74) is 3.68. The molecule has 0 fully saturated rings. The van der Waals surface area contributed by atoms with Crippen LogP contribution in [0.4, 0.5) is 0 Å². The first-order chi connectivity index (χ1) is 11.0. The van der Waals surface area contributed by atoms with Gasteiger partial charge >= 0.3 is 0 Å². The number of hydrogen-bond donors (Lipinski definition) is 0. The van der Waals surface area contributed by atoms with Crippen molar-refractivity contribution in [3.63, 3.8) is 0 Å². The van der Waals surface area contributed by atoms with Gasteiger partial charge in [0.25, 0.3) is 0 Å². The Morgan fingerprint density at radius 1 is 1.04 bits per heavy atom. The van der Waals surface area contributed by atoms with Crippen LogP contribution in [0.5, 0.6) is 0 Å². The summed E-state index contributed by atoms with van der Waals surface area (Å²) >= 11 is 12.2. The Bertz CT molecular complexity index is 744. The molecule has 1 aliphatic carbocycles. The summed E-state index contributed by atoms with van der Waals surface area (Å²) in [5, 5.41) is 1.17. The molecule has 1 aliphatic rings. The van der Waals surface area contributed by atoms with Crippen LogP contribution in [0.2, 0.25) is 10.0 Å². The molecular weight excluding hydrogens is 329 g/mol. The van der Waals surface area contributed by atoms with E-state index in [2.05, 4.69) is 18.2 Å². The van der Waals surface area contributed by atoms with Crippen LogP contribution < -0.4 is 0 Å². The van der Waals surface area contributed by atoms with Gasteiger partial charge < -0.3 is 4.90 Å². The van der Waals surface area contributed by atoms with Crippen molar-refractivity contribution < 1.29 is 4.79 Å². The smallest absolute Gasteiger partial charge is 0.219 e. The Morgan fingerprint density at radius 2 is 1.74 bits per heavy atom. The molecule has 2 unspecified atom stereocenters. The summed E-state index contributed by atoms with van der Waals surface area (Å²) in [4.78, 5) is 13.6. The van der Waals surface area contributed by atoms with Gasteiger partial charge in [0.15, 0.2) is 0 Å². The summed E-state index contributed by atoms with van der Waals surface area (Å²) in [6.45, 7) is 1.62. The molecule has 0 radical (unpaired) electrons. The Balaban J connectivity index is 2.03. The van der Waals surface area contributed by atoms with Crippen LogP contribution in [0.3, 0.4) is 0 Å². The molecule has 4 heteroatoms. The Morgan fingerprint density at radius 3 is 2.39 bits per heavy atom. The predicted octanol–water partition coefficient (Wildman–Crippen LogP) is 5.44. The topological polar surface area (TPSA) is 20.3 Å². The van der Waals surface area contributed by atoms with Gasteiger partial charge in [-0.25, -0.2) is 0 Å². The molecule has 1 amide bonds. The van der Waals surface area contributed by atoms with Gasteiger partial charge in [-0.3, -0.25) is 4.79 Å². The first kappa shape index (κ1) is 16.4. The van der Waals surface area contributed by atoms with E-state index in [4.69, 9.17) is 23.2 Å². The third-order valence-corrected chi connectivity index (χ3v) is 5.51. The van der Waals surface area contributed by atoms with E-state index in [9.17, 15) is 4.79 Å². The van der Waals surface area contributed by atoms with E-state index in [0.29, 0.717) is 10.0 Å². The van der Waals surface area contributed by atoms with Gasteiger partial charge in [0.2, 0.25) is 5.91 Å². The van der Waals surface area contributed by atoms with Crippen molar-refractivity contribution in [2.45, 2.75) is 31.7 Å². The summed E-state index contributed by atoms with van der Waals surface area (Å²) in [6.07, 6.45) is 1.93. The lowest BCUT2D eigenvalue weighted by atomic mass is 9.76. The van der Waals surface area contributed by atoms with E-state index in [1.54, 1.807) is 6.92 Å². The molecule has 0 heterocycles. The summed E-state index contributed by atoms with van der Waals surface area (Å²) in [6, 6.07) is 14.4. The maximum absolute atomic E-state index is 11.8. The molecule has 0 N–H and O–H groups in total. The van der Waals surface area contributed by atoms with Gasteiger partial charge in [-0.2, -0.15) is 0 Å². The second-order valence-electron chi connectivity index (χ2n) is 6.08. The number of carbonyl (C=O) groups excluding carboxylic acids is 1. The molecule has 0 bridgehead atoms. The minimum Gasteiger partial charge on any atom is -0.339 e. The van der Waals surface area contributed by atoms with Crippen LogP contribution in [0.25, 0.3) is 0 Å². The first-order valence-electron chi connectivity index (χ1n) is 7.76. The first-order valence-corrected chi connectivity index (χ1v) is 8.51. The molecule has 2 aromatic carbocycles. The molecule has 0 saturated heterocycles. The van der Waals surface area contributed by atoms with E-state index in [1.807, 2.05) is 36.2 Å². The molecule has 0 aromatic heterocycles. The summed E-state index contributed by atoms with van der Waals surface area (Å²) < 4.78 is 0. The monoisotopic (exact) mass is 347 g/mol. The largest absolute Gasteiger partial charge is 0.339 e. The lowest BCUT2D eigenvalue weighted by Crippen LogP contribution is -2.32. The highest BCUT2D eigenvalue weighted by Crippen LogP contribution is 2.44. The molecular formula is C19H19Cl2NO. The Labute approximate surface area is 147 Å². The van der Waals surface area contributed by atoms with E-state index < -0.39 is 0 Å². The number of amides is 1. The highest BCUT2D eigenvalue weighted by molar-refractivity contribution is 6.42. The van der Waals surface area contributed by atoms with Crippen molar-refractivity contribution in [3.8, 4) is 0 Å². The molecule has 0 spiro atoms. The fourth-order valence-electron chi connectivity index (χ4n) is 3.46. The van der Waals surface area contributed by atoms with Crippen LogP contribution in [-0.4, -0.2) is 17.9 Å². The highest BCUT2D eigenvalue weighted by atomic mass is 35.5. The molecule has 2 aromatic rings. The van der Waals surface area contributed by atoms with Crippen molar-refractivity contribution in [2.24, 2.45) is 0 Å². The average Bonchev–Trinajstić information content (AvgIpc) is 2.55. The third kappa shape index (κ3) is 3.11. The van der Waals surface area contributed by atoms with Crippen LogP contribution >= 0.6 is 23.2 Å². The van der Waals surface area contributed by atoms with Crippen molar-refractivity contribution in [2.75, 3.05) is 7.05 Å². The third-order valence-electron chi connectivity index (χ3n) is 4.77. The number of halogens is 2. The zero-order valence-electron chi connectivity index (χ0n) is 13.2. The van der Waals surface area contributed by atoms with Crippen LogP contribution in [0.1, 0.15) is 48.4 Å². The molecule has 23 heavy (non-hydrogen) atoms. The van der Waals surface area contributed by atoms with Gasteiger partial charge in [0.1, 0.15) is 0 Å². The minimum absolute atomic E-state index is 0.0952. The normalized spacial score (nSPS) is 20.0. The van der Waals surface area contributed by atoms with Crippen molar-refractivity contribution >= 4 is 29.1 Å². The maximum Gasteiger partial charge on any atom is 0.219 e. The van der Waals surface area contributed by atoms with Crippen LogP contribution in [0, 0.1) is 0 Å². The summed E-state index contributed by atoms with van der Waals surface area (Å²) in [5.74, 6) is 0.385. The quantitative estimate of drug-likeness (QED) is 0.708. The van der Waals surface area contributed by atoms with E-state index in [-0.39, 0.29) is 17.9 Å². The number of rotatable bonds is 2. The Kier molecular flexibility index (Phi) is 4.65. The van der Waals surface area contributed by atoms with Gasteiger partial charge in [-0.05, 0) is 41.7 Å². The fourth-order valence-corrected chi connectivity index (χ4v) is 3.77. The Hall–Kier alpha value is -1.51. The van der Waals surface area contributed by atoms with Gasteiger partial charge in [-0.1, -0.05) is 53.5 Å². The van der Waals surface area contributed by atoms with Crippen molar-refractivity contribution in [3.05, 3.63) is 69.2 Å².